The third kappa shape index (κ3) is 8.54. The Morgan fingerprint density at radius 2 is 1.70 bits per heavy atom. The topological polar surface area (TPSA) is 177 Å². The van der Waals surface area contributed by atoms with Crippen LogP contribution < -0.4 is 16.8 Å². The Morgan fingerprint density at radius 3 is 2.30 bits per heavy atom. The molecular formula is C27H38BN5O6S. The molecule has 2 aromatic carbocycles. The van der Waals surface area contributed by atoms with Crippen molar-refractivity contribution in [2.45, 2.75) is 62.3 Å². The van der Waals surface area contributed by atoms with Crippen molar-refractivity contribution >= 4 is 35.0 Å². The summed E-state index contributed by atoms with van der Waals surface area (Å²) in [6.07, 6.45) is 2.50. The van der Waals surface area contributed by atoms with E-state index in [0.717, 1.165) is 18.4 Å². The van der Waals surface area contributed by atoms with Crippen LogP contribution in [0.4, 0.5) is 0 Å². The zero-order valence-corrected chi connectivity index (χ0v) is 23.6. The number of aliphatic imine (C=N–C) groups is 1. The third-order valence-corrected chi connectivity index (χ3v) is 8.35. The Kier molecular flexibility index (Phi) is 11.1. The Balaban J connectivity index is 1.60. The molecule has 11 nitrogen and oxygen atoms in total. The number of amides is 2. The monoisotopic (exact) mass is 571 g/mol. The van der Waals surface area contributed by atoms with E-state index >= 15 is 0 Å². The van der Waals surface area contributed by atoms with Gasteiger partial charge in [0, 0.05) is 13.6 Å². The van der Waals surface area contributed by atoms with Crippen molar-refractivity contribution in [1.82, 2.24) is 10.2 Å². The molecule has 1 atom stereocenters. The van der Waals surface area contributed by atoms with E-state index in [1.54, 1.807) is 30.1 Å². The van der Waals surface area contributed by atoms with Gasteiger partial charge >= 0.3 is 7.12 Å². The quantitative estimate of drug-likeness (QED) is 0.114. The number of hydrogen-bond donors (Lipinski definition) is 4. The lowest BCUT2D eigenvalue weighted by atomic mass is 9.82. The third-order valence-electron chi connectivity index (χ3n) is 7.03. The van der Waals surface area contributed by atoms with Gasteiger partial charge in [0.25, 0.3) is 10.1 Å². The molecule has 3 rings (SSSR count). The minimum atomic E-state index is -4.14. The molecule has 0 spiro atoms. The van der Waals surface area contributed by atoms with Crippen LogP contribution in [0.25, 0.3) is 0 Å². The van der Waals surface area contributed by atoms with Gasteiger partial charge in [-0.2, -0.15) is 8.42 Å². The minimum Gasteiger partial charge on any atom is -0.426 e. The summed E-state index contributed by atoms with van der Waals surface area (Å²) < 4.78 is 29.5. The van der Waals surface area contributed by atoms with Gasteiger partial charge in [-0.05, 0) is 49.7 Å². The van der Waals surface area contributed by atoms with Gasteiger partial charge in [-0.15, -0.1) is 0 Å². The van der Waals surface area contributed by atoms with Crippen LogP contribution in [-0.4, -0.2) is 63.0 Å². The Hall–Kier alpha value is -3.42. The highest BCUT2D eigenvalue weighted by molar-refractivity contribution is 7.87. The maximum atomic E-state index is 13.6. The summed E-state index contributed by atoms with van der Waals surface area (Å²) in [5.74, 6) is -0.933. The second-order valence-corrected chi connectivity index (χ2v) is 11.6. The number of carbonyl (C=O) groups excluding carboxylic acids is 2. The largest absolute Gasteiger partial charge is 0.471 e. The molecule has 1 unspecified atom stereocenters. The molecule has 0 saturated heterocycles. The molecule has 1 saturated carbocycles. The number of rotatable bonds is 14. The second kappa shape index (κ2) is 14.3. The van der Waals surface area contributed by atoms with Crippen molar-refractivity contribution in [3.8, 4) is 0 Å². The fraction of sp³-hybridized carbons (Fsp3) is 0.444. The summed E-state index contributed by atoms with van der Waals surface area (Å²) in [4.78, 5) is 32.7. The smallest absolute Gasteiger partial charge is 0.426 e. The average molecular weight is 572 g/mol. The summed E-state index contributed by atoms with van der Waals surface area (Å²) in [5.41, 5.74) is 11.1. The Morgan fingerprint density at radius 1 is 1.10 bits per heavy atom. The molecule has 1 aliphatic carbocycles. The summed E-state index contributed by atoms with van der Waals surface area (Å²) in [5, 5.41) is 13.0. The van der Waals surface area contributed by atoms with E-state index in [-0.39, 0.29) is 35.9 Å². The summed E-state index contributed by atoms with van der Waals surface area (Å²) >= 11 is 0. The number of hydrogen-bond acceptors (Lipinski definition) is 7. The standard InChI is InChI=1S/C27H38BN5O6S/c1-33(20-16-21-11-4-2-5-12-21)25(35)27(17-8-9-18-27)24(34)31-23(32-26(29)30)15-10-19-28(36)39-40(37,38)22-13-6-3-7-14-22/h2-7,11-14,23,36H,8-10,15-20H2,1H3,(H,31,34)(H4,29,30,32). The number of nitrogens with zero attached hydrogens (tertiary/aromatic N) is 2. The Labute approximate surface area is 236 Å². The fourth-order valence-corrected chi connectivity index (χ4v) is 5.88. The summed E-state index contributed by atoms with van der Waals surface area (Å²) in [6, 6.07) is 17.3. The van der Waals surface area contributed by atoms with Gasteiger partial charge in [-0.25, -0.2) is 4.99 Å². The molecular weight excluding hydrogens is 533 g/mol. The Bertz CT molecular complexity index is 1250. The van der Waals surface area contributed by atoms with Crippen LogP contribution in [0, 0.1) is 5.41 Å². The van der Waals surface area contributed by atoms with Gasteiger partial charge in [-0.1, -0.05) is 67.8 Å². The van der Waals surface area contributed by atoms with Gasteiger partial charge in [0.15, 0.2) is 5.96 Å². The van der Waals surface area contributed by atoms with Gasteiger partial charge in [0.2, 0.25) is 11.8 Å². The highest BCUT2D eigenvalue weighted by Crippen LogP contribution is 2.40. The zero-order valence-electron chi connectivity index (χ0n) is 22.7. The maximum absolute atomic E-state index is 13.6. The van der Waals surface area contributed by atoms with E-state index in [9.17, 15) is 23.0 Å². The molecule has 0 aliphatic heterocycles. The molecule has 40 heavy (non-hydrogen) atoms. The number of carbonyl (C=O) groups is 2. The lowest BCUT2D eigenvalue weighted by molar-refractivity contribution is -0.150. The molecule has 2 aromatic rings. The number of guanidine groups is 1. The molecule has 0 radical (unpaired) electrons. The van der Waals surface area contributed by atoms with Crippen molar-refractivity contribution in [3.05, 3.63) is 66.2 Å². The van der Waals surface area contributed by atoms with Gasteiger partial charge in [0.1, 0.15) is 11.6 Å². The van der Waals surface area contributed by atoms with Crippen LogP contribution in [0.5, 0.6) is 0 Å². The lowest BCUT2D eigenvalue weighted by Gasteiger charge is -2.32. The predicted octanol–water partition coefficient (Wildman–Crippen LogP) is 1.63. The molecule has 2 amide bonds. The van der Waals surface area contributed by atoms with Crippen LogP contribution in [-0.2, 0) is 30.2 Å². The summed E-state index contributed by atoms with van der Waals surface area (Å²) in [7, 11) is -4.03. The van der Waals surface area contributed by atoms with Gasteiger partial charge in [-0.3, -0.25) is 13.7 Å². The van der Waals surface area contributed by atoms with Gasteiger partial charge in [0.05, 0.1) is 4.90 Å². The average Bonchev–Trinajstić information content (AvgIpc) is 3.43. The van der Waals surface area contributed by atoms with E-state index in [0.29, 0.717) is 25.8 Å². The SMILES string of the molecule is CN(CCc1ccccc1)C(=O)C1(C(=O)NC(CCCB(O)OS(=O)(=O)c2ccccc2)N=C(N)N)CCCC1. The molecule has 1 fully saturated rings. The number of likely N-dealkylation sites (N-methyl/N-ethyl adjacent to an activating group) is 1. The van der Waals surface area contributed by atoms with Gasteiger partial charge < -0.3 is 26.7 Å². The molecule has 0 bridgehead atoms. The molecule has 0 heterocycles. The molecule has 1 aliphatic rings. The normalized spacial score (nSPS) is 15.2. The fourth-order valence-electron chi connectivity index (χ4n) is 4.89. The first-order valence-electron chi connectivity index (χ1n) is 13.4. The number of nitrogens with one attached hydrogen (secondary N) is 1. The molecule has 216 valence electrons. The number of benzene rings is 2. The van der Waals surface area contributed by atoms with Crippen molar-refractivity contribution in [3.63, 3.8) is 0 Å². The van der Waals surface area contributed by atoms with Crippen molar-refractivity contribution in [2.24, 2.45) is 21.9 Å². The maximum Gasteiger partial charge on any atom is 0.471 e. The number of nitrogens with two attached hydrogens (primary N) is 2. The van der Waals surface area contributed by atoms with Crippen LogP contribution >= 0.6 is 0 Å². The van der Waals surface area contributed by atoms with E-state index in [2.05, 4.69) is 10.3 Å². The first kappa shape index (κ1) is 31.1. The van der Waals surface area contributed by atoms with Crippen LogP contribution in [0.15, 0.2) is 70.6 Å². The zero-order chi connectivity index (χ0) is 29.2. The summed E-state index contributed by atoms with van der Waals surface area (Å²) in [6.45, 7) is 0.471. The predicted molar refractivity (Wildman–Crippen MR) is 153 cm³/mol. The van der Waals surface area contributed by atoms with Crippen molar-refractivity contribution in [1.29, 1.82) is 0 Å². The van der Waals surface area contributed by atoms with E-state index in [1.165, 1.54) is 12.1 Å². The molecule has 6 N–H and O–H groups in total. The van der Waals surface area contributed by atoms with Crippen LogP contribution in [0.1, 0.15) is 44.1 Å². The molecule has 13 heteroatoms. The lowest BCUT2D eigenvalue weighted by Crippen LogP contribution is -2.53. The highest BCUT2D eigenvalue weighted by atomic mass is 32.2. The van der Waals surface area contributed by atoms with Crippen LogP contribution in [0.2, 0.25) is 6.32 Å². The first-order chi connectivity index (χ1) is 19.0. The van der Waals surface area contributed by atoms with E-state index in [1.807, 2.05) is 30.3 Å². The van der Waals surface area contributed by atoms with Crippen molar-refractivity contribution in [2.75, 3.05) is 13.6 Å². The second-order valence-electron chi connectivity index (χ2n) is 10.0. The van der Waals surface area contributed by atoms with Crippen LogP contribution in [0.3, 0.4) is 0 Å². The van der Waals surface area contributed by atoms with E-state index in [4.69, 9.17) is 15.6 Å². The van der Waals surface area contributed by atoms with E-state index < -0.39 is 34.7 Å². The van der Waals surface area contributed by atoms with Crippen molar-refractivity contribution < 1.29 is 27.1 Å². The first-order valence-corrected chi connectivity index (χ1v) is 14.8. The minimum absolute atomic E-state index is 0.0509. The highest BCUT2D eigenvalue weighted by Gasteiger charge is 2.49. The molecule has 0 aromatic heterocycles.